The van der Waals surface area contributed by atoms with Crippen molar-refractivity contribution in [3.63, 3.8) is 0 Å². The average Bonchev–Trinajstić information content (AvgIpc) is 2.87. The molecule has 0 fully saturated rings. The van der Waals surface area contributed by atoms with Crippen LogP contribution in [0.25, 0.3) is 10.1 Å². The van der Waals surface area contributed by atoms with Gasteiger partial charge in [0.1, 0.15) is 0 Å². The molecule has 0 unspecified atom stereocenters. The third-order valence-electron chi connectivity index (χ3n) is 3.41. The Morgan fingerprint density at radius 1 is 1.14 bits per heavy atom. The number of rotatable bonds is 3. The zero-order valence-electron chi connectivity index (χ0n) is 13.0. The molecule has 0 spiro atoms. The lowest BCUT2D eigenvalue weighted by Crippen LogP contribution is -2.28. The molecular formula is C18H19ClN2S. The van der Waals surface area contributed by atoms with Gasteiger partial charge in [-0.1, -0.05) is 32.4 Å². The highest BCUT2D eigenvalue weighted by Gasteiger charge is 2.21. The van der Waals surface area contributed by atoms with Crippen LogP contribution in [0.5, 0.6) is 0 Å². The maximum atomic E-state index is 6.12. The van der Waals surface area contributed by atoms with E-state index in [2.05, 4.69) is 54.2 Å². The van der Waals surface area contributed by atoms with Crippen molar-refractivity contribution in [1.29, 1.82) is 0 Å². The molecule has 3 aromatic rings. The van der Waals surface area contributed by atoms with Gasteiger partial charge in [0.25, 0.3) is 0 Å². The number of fused-ring (bicyclic) bond motifs is 1. The van der Waals surface area contributed by atoms with Crippen molar-refractivity contribution in [1.82, 2.24) is 4.98 Å². The standard InChI is InChI=1S/C18H19ClN2S/c1-18(2,3)12-21(14-6-8-20-9-7-14)16-11-22-17-10-13(19)4-5-15(16)17/h4-11H,12H2,1-3H3. The number of nitrogens with zero attached hydrogens (tertiary/aromatic N) is 2. The molecule has 3 rings (SSSR count). The van der Waals surface area contributed by atoms with Gasteiger partial charge >= 0.3 is 0 Å². The molecule has 2 heterocycles. The molecule has 2 aromatic heterocycles. The average molecular weight is 331 g/mol. The van der Waals surface area contributed by atoms with Crippen LogP contribution in [0.4, 0.5) is 11.4 Å². The molecule has 114 valence electrons. The zero-order chi connectivity index (χ0) is 15.7. The van der Waals surface area contributed by atoms with E-state index in [0.29, 0.717) is 0 Å². The molecule has 1 aromatic carbocycles. The Morgan fingerprint density at radius 2 is 1.86 bits per heavy atom. The van der Waals surface area contributed by atoms with Gasteiger partial charge in [0.15, 0.2) is 0 Å². The third kappa shape index (κ3) is 3.26. The highest BCUT2D eigenvalue weighted by atomic mass is 35.5. The molecule has 0 saturated carbocycles. The highest BCUT2D eigenvalue weighted by molar-refractivity contribution is 7.17. The van der Waals surface area contributed by atoms with E-state index < -0.39 is 0 Å². The van der Waals surface area contributed by atoms with Crippen molar-refractivity contribution in [2.24, 2.45) is 5.41 Å². The molecule has 0 amide bonds. The third-order valence-corrected chi connectivity index (χ3v) is 4.58. The Morgan fingerprint density at radius 3 is 2.55 bits per heavy atom. The van der Waals surface area contributed by atoms with Gasteiger partial charge in [-0.2, -0.15) is 0 Å². The minimum absolute atomic E-state index is 0.184. The van der Waals surface area contributed by atoms with E-state index in [1.165, 1.54) is 21.5 Å². The summed E-state index contributed by atoms with van der Waals surface area (Å²) in [6.45, 7) is 7.71. The lowest BCUT2D eigenvalue weighted by molar-refractivity contribution is 0.425. The van der Waals surface area contributed by atoms with Crippen LogP contribution in [0.2, 0.25) is 5.02 Å². The van der Waals surface area contributed by atoms with Crippen molar-refractivity contribution < 1.29 is 0 Å². The van der Waals surface area contributed by atoms with Gasteiger partial charge in [0.2, 0.25) is 0 Å². The van der Waals surface area contributed by atoms with Crippen LogP contribution in [0, 0.1) is 5.41 Å². The number of halogens is 1. The van der Waals surface area contributed by atoms with Gasteiger partial charge in [-0.05, 0) is 35.7 Å². The summed E-state index contributed by atoms with van der Waals surface area (Å²) in [5.41, 5.74) is 2.58. The van der Waals surface area contributed by atoms with Gasteiger partial charge in [-0.25, -0.2) is 0 Å². The highest BCUT2D eigenvalue weighted by Crippen LogP contribution is 2.39. The largest absolute Gasteiger partial charge is 0.340 e. The number of benzene rings is 1. The summed E-state index contributed by atoms with van der Waals surface area (Å²) < 4.78 is 1.22. The monoisotopic (exact) mass is 330 g/mol. The lowest BCUT2D eigenvalue weighted by atomic mass is 9.95. The van der Waals surface area contributed by atoms with Gasteiger partial charge < -0.3 is 4.90 Å². The Kier molecular flexibility index (Phi) is 4.11. The number of thiophene rings is 1. The van der Waals surface area contributed by atoms with Crippen molar-refractivity contribution in [3.05, 3.63) is 53.1 Å². The minimum Gasteiger partial charge on any atom is -0.340 e. The fourth-order valence-electron chi connectivity index (χ4n) is 2.51. The van der Waals surface area contributed by atoms with Crippen LogP contribution >= 0.6 is 22.9 Å². The molecule has 0 aliphatic heterocycles. The molecule has 0 N–H and O–H groups in total. The van der Waals surface area contributed by atoms with E-state index in [9.17, 15) is 0 Å². The topological polar surface area (TPSA) is 16.1 Å². The normalized spacial score (nSPS) is 11.8. The van der Waals surface area contributed by atoms with Gasteiger partial charge in [0.05, 0.1) is 5.69 Å². The molecule has 4 heteroatoms. The predicted octanol–water partition coefficient (Wildman–Crippen LogP) is 6.13. The predicted molar refractivity (Wildman–Crippen MR) is 97.5 cm³/mol. The van der Waals surface area contributed by atoms with Crippen LogP contribution in [-0.2, 0) is 0 Å². The second-order valence-electron chi connectivity index (χ2n) is 6.61. The summed E-state index contributed by atoms with van der Waals surface area (Å²) in [6.07, 6.45) is 3.69. The first-order valence-electron chi connectivity index (χ1n) is 7.28. The summed E-state index contributed by atoms with van der Waals surface area (Å²) >= 11 is 7.85. The SMILES string of the molecule is CC(C)(C)CN(c1ccncc1)c1csc2cc(Cl)ccc12. The summed E-state index contributed by atoms with van der Waals surface area (Å²) in [6, 6.07) is 10.2. The molecule has 2 nitrogen and oxygen atoms in total. The van der Waals surface area contributed by atoms with Crippen molar-refractivity contribution in [2.45, 2.75) is 20.8 Å². The van der Waals surface area contributed by atoms with E-state index in [1.807, 2.05) is 24.5 Å². The number of hydrogen-bond donors (Lipinski definition) is 0. The fourth-order valence-corrected chi connectivity index (χ4v) is 3.74. The van der Waals surface area contributed by atoms with E-state index in [1.54, 1.807) is 11.3 Å². The second-order valence-corrected chi connectivity index (χ2v) is 7.96. The van der Waals surface area contributed by atoms with Crippen LogP contribution in [-0.4, -0.2) is 11.5 Å². The molecule has 0 radical (unpaired) electrons. The summed E-state index contributed by atoms with van der Waals surface area (Å²) in [5.74, 6) is 0. The number of aromatic nitrogens is 1. The first-order valence-corrected chi connectivity index (χ1v) is 8.54. The van der Waals surface area contributed by atoms with Crippen molar-refractivity contribution in [2.75, 3.05) is 11.4 Å². The van der Waals surface area contributed by atoms with Gasteiger partial charge in [0, 0.05) is 45.1 Å². The molecule has 0 atom stereocenters. The van der Waals surface area contributed by atoms with E-state index in [4.69, 9.17) is 11.6 Å². The van der Waals surface area contributed by atoms with Crippen LogP contribution in [0.1, 0.15) is 20.8 Å². The van der Waals surface area contributed by atoms with Gasteiger partial charge in [-0.15, -0.1) is 11.3 Å². The number of hydrogen-bond acceptors (Lipinski definition) is 3. The van der Waals surface area contributed by atoms with Crippen molar-refractivity contribution in [3.8, 4) is 0 Å². The van der Waals surface area contributed by atoms with E-state index in [-0.39, 0.29) is 5.41 Å². The smallest absolute Gasteiger partial charge is 0.0599 e. The quantitative estimate of drug-likeness (QED) is 0.574. The molecule has 0 aliphatic rings. The van der Waals surface area contributed by atoms with Crippen LogP contribution in [0.15, 0.2) is 48.1 Å². The van der Waals surface area contributed by atoms with E-state index in [0.717, 1.165) is 11.6 Å². The van der Waals surface area contributed by atoms with E-state index >= 15 is 0 Å². The van der Waals surface area contributed by atoms with Crippen LogP contribution in [0.3, 0.4) is 0 Å². The van der Waals surface area contributed by atoms with Crippen LogP contribution < -0.4 is 4.90 Å². The van der Waals surface area contributed by atoms with Gasteiger partial charge in [-0.3, -0.25) is 4.98 Å². The maximum Gasteiger partial charge on any atom is 0.0599 e. The first-order chi connectivity index (χ1) is 10.4. The molecule has 0 aliphatic carbocycles. The summed E-state index contributed by atoms with van der Waals surface area (Å²) in [7, 11) is 0. The zero-order valence-corrected chi connectivity index (χ0v) is 14.6. The first kappa shape index (κ1) is 15.3. The minimum atomic E-state index is 0.184. The Balaban J connectivity index is 2.12. The number of anilines is 2. The number of pyridine rings is 1. The molecule has 0 bridgehead atoms. The Hall–Kier alpha value is -1.58. The fraction of sp³-hybridized carbons (Fsp3) is 0.278. The Labute approximate surface area is 140 Å². The lowest BCUT2D eigenvalue weighted by Gasteiger charge is -2.31. The molecular weight excluding hydrogens is 312 g/mol. The summed E-state index contributed by atoms with van der Waals surface area (Å²) in [4.78, 5) is 6.51. The van der Waals surface area contributed by atoms with Crippen molar-refractivity contribution >= 4 is 44.4 Å². The maximum absolute atomic E-state index is 6.12. The molecule has 0 saturated heterocycles. The molecule has 22 heavy (non-hydrogen) atoms. The second kappa shape index (κ2) is 5.90. The summed E-state index contributed by atoms with van der Waals surface area (Å²) in [5, 5.41) is 4.25. The Bertz CT molecular complexity index is 775.